The quantitative estimate of drug-likeness (QED) is 0.747. The summed E-state index contributed by atoms with van der Waals surface area (Å²) >= 11 is 0. The highest BCUT2D eigenvalue weighted by molar-refractivity contribution is 6.00. The molecule has 0 N–H and O–H groups in total. The van der Waals surface area contributed by atoms with Gasteiger partial charge in [0.05, 0.1) is 14.2 Å². The number of rotatable bonds is 6. The van der Waals surface area contributed by atoms with Gasteiger partial charge < -0.3 is 24.0 Å². The minimum atomic E-state index is -0.165. The Labute approximate surface area is 170 Å². The first-order valence-electron chi connectivity index (χ1n) is 9.51. The molecular formula is C22H26N2O5. The van der Waals surface area contributed by atoms with E-state index in [0.29, 0.717) is 49.0 Å². The third kappa shape index (κ3) is 4.80. The van der Waals surface area contributed by atoms with E-state index >= 15 is 0 Å². The molecule has 1 heterocycles. The van der Waals surface area contributed by atoms with Crippen molar-refractivity contribution < 1.29 is 23.8 Å². The Kier molecular flexibility index (Phi) is 6.59. The number of benzene rings is 2. The van der Waals surface area contributed by atoms with Crippen LogP contribution in [-0.4, -0.2) is 68.6 Å². The summed E-state index contributed by atoms with van der Waals surface area (Å²) in [5.74, 6) is 1.36. The number of ether oxygens (including phenoxy) is 3. The second kappa shape index (κ2) is 9.32. The Balaban J connectivity index is 1.57. The number of carbonyl (C=O) groups is 2. The summed E-state index contributed by atoms with van der Waals surface area (Å²) in [6, 6.07) is 12.8. The van der Waals surface area contributed by atoms with Crippen LogP contribution >= 0.6 is 0 Å². The molecular weight excluding hydrogens is 372 g/mol. The molecule has 1 fully saturated rings. The summed E-state index contributed by atoms with van der Waals surface area (Å²) in [6.45, 7) is 3.78. The highest BCUT2D eigenvalue weighted by Gasteiger charge is 2.28. The molecule has 0 aliphatic carbocycles. The van der Waals surface area contributed by atoms with Gasteiger partial charge in [-0.1, -0.05) is 23.8 Å². The molecule has 0 bridgehead atoms. The molecule has 1 saturated heterocycles. The summed E-state index contributed by atoms with van der Waals surface area (Å²) in [5, 5.41) is 0. The molecule has 7 nitrogen and oxygen atoms in total. The maximum atomic E-state index is 13.0. The largest absolute Gasteiger partial charge is 0.496 e. The van der Waals surface area contributed by atoms with Crippen LogP contribution in [-0.2, 0) is 4.79 Å². The van der Waals surface area contributed by atoms with Crippen LogP contribution in [0.25, 0.3) is 0 Å². The molecule has 0 atom stereocenters. The van der Waals surface area contributed by atoms with Crippen LogP contribution in [0.4, 0.5) is 0 Å². The number of hydrogen-bond acceptors (Lipinski definition) is 5. The molecule has 2 aromatic rings. The van der Waals surface area contributed by atoms with Crippen LogP contribution < -0.4 is 14.2 Å². The van der Waals surface area contributed by atoms with Crippen LogP contribution in [0.2, 0.25) is 0 Å². The first-order chi connectivity index (χ1) is 14.0. The zero-order valence-electron chi connectivity index (χ0n) is 17.0. The van der Waals surface area contributed by atoms with Crippen LogP contribution in [0, 0.1) is 6.92 Å². The fraction of sp³-hybridized carbons (Fsp3) is 0.364. The smallest absolute Gasteiger partial charge is 0.261 e. The Morgan fingerprint density at radius 3 is 1.97 bits per heavy atom. The second-order valence-electron chi connectivity index (χ2n) is 6.81. The summed E-state index contributed by atoms with van der Waals surface area (Å²) in [4.78, 5) is 28.9. The van der Waals surface area contributed by atoms with Crippen LogP contribution in [0.3, 0.4) is 0 Å². The van der Waals surface area contributed by atoms with Crippen LogP contribution in [0.15, 0.2) is 42.5 Å². The van der Waals surface area contributed by atoms with Crippen molar-refractivity contribution in [1.82, 2.24) is 9.80 Å². The van der Waals surface area contributed by atoms with Gasteiger partial charge in [0.2, 0.25) is 0 Å². The summed E-state index contributed by atoms with van der Waals surface area (Å²) in [6.07, 6.45) is 0. The number of methoxy groups -OCH3 is 2. The molecule has 2 aromatic carbocycles. The lowest BCUT2D eigenvalue weighted by Gasteiger charge is -2.35. The molecule has 2 amide bonds. The summed E-state index contributed by atoms with van der Waals surface area (Å²) < 4.78 is 16.2. The standard InChI is InChI=1S/C22H26N2O5/c1-16-7-9-17(10-8-16)29-15-20(25)23-11-13-24(14-12-23)22(26)21-18(27-2)5-4-6-19(21)28-3/h4-10H,11-15H2,1-3H3. The van der Waals surface area contributed by atoms with E-state index in [1.807, 2.05) is 31.2 Å². The lowest BCUT2D eigenvalue weighted by atomic mass is 10.1. The van der Waals surface area contributed by atoms with E-state index in [2.05, 4.69) is 0 Å². The molecule has 7 heteroatoms. The van der Waals surface area contributed by atoms with Crippen LogP contribution in [0.5, 0.6) is 17.2 Å². The maximum Gasteiger partial charge on any atom is 0.261 e. The lowest BCUT2D eigenvalue weighted by molar-refractivity contribution is -0.134. The van der Waals surface area contributed by atoms with Crippen molar-refractivity contribution in [1.29, 1.82) is 0 Å². The average Bonchev–Trinajstić information content (AvgIpc) is 2.77. The van der Waals surface area contributed by atoms with E-state index < -0.39 is 0 Å². The minimum absolute atomic E-state index is 0.0165. The van der Waals surface area contributed by atoms with E-state index in [9.17, 15) is 9.59 Å². The van der Waals surface area contributed by atoms with Gasteiger partial charge in [-0.05, 0) is 31.2 Å². The molecule has 0 radical (unpaired) electrons. The Morgan fingerprint density at radius 1 is 0.862 bits per heavy atom. The predicted octanol–water partition coefficient (Wildman–Crippen LogP) is 2.38. The van der Waals surface area contributed by atoms with Gasteiger partial charge in [0, 0.05) is 26.2 Å². The molecule has 3 rings (SSSR count). The van der Waals surface area contributed by atoms with Gasteiger partial charge in [-0.15, -0.1) is 0 Å². The first-order valence-corrected chi connectivity index (χ1v) is 9.51. The van der Waals surface area contributed by atoms with Gasteiger partial charge in [0.15, 0.2) is 6.61 Å². The topological polar surface area (TPSA) is 68.3 Å². The highest BCUT2D eigenvalue weighted by Crippen LogP contribution is 2.29. The number of piperazine rings is 1. The Morgan fingerprint density at radius 2 is 1.41 bits per heavy atom. The van der Waals surface area contributed by atoms with Crippen molar-refractivity contribution >= 4 is 11.8 Å². The van der Waals surface area contributed by atoms with Gasteiger partial charge in [0.1, 0.15) is 22.8 Å². The van der Waals surface area contributed by atoms with E-state index in [0.717, 1.165) is 5.56 Å². The zero-order chi connectivity index (χ0) is 20.8. The second-order valence-corrected chi connectivity index (χ2v) is 6.81. The molecule has 154 valence electrons. The Hall–Kier alpha value is -3.22. The molecule has 0 spiro atoms. The van der Waals surface area contributed by atoms with Crippen molar-refractivity contribution in [3.8, 4) is 17.2 Å². The average molecular weight is 398 g/mol. The van der Waals surface area contributed by atoms with E-state index in [1.165, 1.54) is 14.2 Å². The fourth-order valence-corrected chi connectivity index (χ4v) is 3.25. The fourth-order valence-electron chi connectivity index (χ4n) is 3.25. The van der Waals surface area contributed by atoms with Gasteiger partial charge >= 0.3 is 0 Å². The molecule has 1 aliphatic rings. The number of amides is 2. The zero-order valence-corrected chi connectivity index (χ0v) is 17.0. The number of nitrogens with zero attached hydrogens (tertiary/aromatic N) is 2. The molecule has 0 unspecified atom stereocenters. The minimum Gasteiger partial charge on any atom is -0.496 e. The lowest BCUT2D eigenvalue weighted by Crippen LogP contribution is -2.51. The molecule has 0 saturated carbocycles. The number of carbonyl (C=O) groups excluding carboxylic acids is 2. The normalized spacial score (nSPS) is 13.8. The molecule has 1 aliphatic heterocycles. The first kappa shape index (κ1) is 20.5. The third-order valence-corrected chi connectivity index (χ3v) is 4.94. The van der Waals surface area contributed by atoms with E-state index in [-0.39, 0.29) is 18.4 Å². The van der Waals surface area contributed by atoms with E-state index in [4.69, 9.17) is 14.2 Å². The van der Waals surface area contributed by atoms with Crippen molar-refractivity contribution in [2.24, 2.45) is 0 Å². The van der Waals surface area contributed by atoms with Crippen molar-refractivity contribution in [3.63, 3.8) is 0 Å². The molecule has 0 aromatic heterocycles. The van der Waals surface area contributed by atoms with Crippen molar-refractivity contribution in [2.75, 3.05) is 47.0 Å². The number of aryl methyl sites for hydroxylation is 1. The van der Waals surface area contributed by atoms with Crippen LogP contribution in [0.1, 0.15) is 15.9 Å². The third-order valence-electron chi connectivity index (χ3n) is 4.94. The Bertz CT molecular complexity index is 836. The van der Waals surface area contributed by atoms with Crippen molar-refractivity contribution in [3.05, 3.63) is 53.6 Å². The van der Waals surface area contributed by atoms with Gasteiger partial charge in [-0.3, -0.25) is 9.59 Å². The number of hydrogen-bond donors (Lipinski definition) is 0. The van der Waals surface area contributed by atoms with E-state index in [1.54, 1.807) is 28.0 Å². The monoisotopic (exact) mass is 398 g/mol. The predicted molar refractivity (Wildman–Crippen MR) is 109 cm³/mol. The van der Waals surface area contributed by atoms with Crippen molar-refractivity contribution in [2.45, 2.75) is 6.92 Å². The van der Waals surface area contributed by atoms with Gasteiger partial charge in [0.25, 0.3) is 11.8 Å². The van der Waals surface area contributed by atoms with Gasteiger partial charge in [-0.25, -0.2) is 0 Å². The SMILES string of the molecule is COc1cccc(OC)c1C(=O)N1CCN(C(=O)COc2ccc(C)cc2)CC1. The molecule has 29 heavy (non-hydrogen) atoms. The summed E-state index contributed by atoms with van der Waals surface area (Å²) in [5.41, 5.74) is 1.54. The highest BCUT2D eigenvalue weighted by atomic mass is 16.5. The summed E-state index contributed by atoms with van der Waals surface area (Å²) in [7, 11) is 3.05. The maximum absolute atomic E-state index is 13.0. The van der Waals surface area contributed by atoms with Gasteiger partial charge in [-0.2, -0.15) is 0 Å².